The molecule has 0 N–H and O–H groups in total. The molecule has 6 aromatic carbocycles. The van der Waals surface area contributed by atoms with Crippen molar-refractivity contribution < 1.29 is 4.42 Å². The van der Waals surface area contributed by atoms with Gasteiger partial charge in [0.2, 0.25) is 0 Å². The summed E-state index contributed by atoms with van der Waals surface area (Å²) in [5, 5.41) is 6.86. The number of furan rings is 1. The number of benzene rings is 6. The summed E-state index contributed by atoms with van der Waals surface area (Å²) in [5.41, 5.74) is 7.44. The standard InChI is InChI=1S/C34H20N2O/c1-2-9-23(10-3-1)32-33(35-28-18-16-21-8-4-5-11-25(21)34(28)36-32)24-15-14-22-17-19-30-31(27(22)20-24)26-12-6-7-13-29(26)37-30/h1-20H. The number of fused-ring (bicyclic) bond motifs is 8. The van der Waals surface area contributed by atoms with Gasteiger partial charge in [-0.05, 0) is 40.4 Å². The van der Waals surface area contributed by atoms with Crippen LogP contribution in [0.1, 0.15) is 0 Å². The zero-order valence-corrected chi connectivity index (χ0v) is 19.8. The molecule has 2 heterocycles. The van der Waals surface area contributed by atoms with E-state index in [0.29, 0.717) is 0 Å². The predicted octanol–water partition coefficient (Wildman–Crippen LogP) is 9.17. The number of hydrogen-bond acceptors (Lipinski definition) is 3. The van der Waals surface area contributed by atoms with Crippen LogP contribution in [-0.4, -0.2) is 9.97 Å². The van der Waals surface area contributed by atoms with Crippen LogP contribution < -0.4 is 0 Å². The molecule has 172 valence electrons. The Bertz CT molecular complexity index is 2140. The molecule has 0 radical (unpaired) electrons. The molecule has 0 saturated carbocycles. The maximum absolute atomic E-state index is 6.17. The summed E-state index contributed by atoms with van der Waals surface area (Å²) in [5.74, 6) is 0. The van der Waals surface area contributed by atoms with Gasteiger partial charge in [0.05, 0.1) is 22.4 Å². The normalized spacial score (nSPS) is 11.8. The topological polar surface area (TPSA) is 38.9 Å². The highest BCUT2D eigenvalue weighted by Crippen LogP contribution is 2.38. The van der Waals surface area contributed by atoms with Crippen LogP contribution in [0.25, 0.3) is 77.0 Å². The van der Waals surface area contributed by atoms with E-state index < -0.39 is 0 Å². The molecule has 3 heteroatoms. The van der Waals surface area contributed by atoms with Gasteiger partial charge in [0, 0.05) is 27.3 Å². The highest BCUT2D eigenvalue weighted by Gasteiger charge is 2.17. The molecule has 2 aromatic heterocycles. The molecular formula is C34H20N2O. The van der Waals surface area contributed by atoms with E-state index in [0.717, 1.165) is 71.6 Å². The van der Waals surface area contributed by atoms with Crippen LogP contribution in [0, 0.1) is 0 Å². The second-order valence-corrected chi connectivity index (χ2v) is 9.41. The molecule has 0 saturated heterocycles. The van der Waals surface area contributed by atoms with E-state index in [4.69, 9.17) is 14.4 Å². The van der Waals surface area contributed by atoms with Gasteiger partial charge < -0.3 is 4.42 Å². The van der Waals surface area contributed by atoms with E-state index in [-0.39, 0.29) is 0 Å². The Labute approximate surface area is 212 Å². The van der Waals surface area contributed by atoms with Crippen LogP contribution in [0.2, 0.25) is 0 Å². The lowest BCUT2D eigenvalue weighted by atomic mass is 9.97. The number of aromatic nitrogens is 2. The van der Waals surface area contributed by atoms with Crippen LogP contribution in [0.5, 0.6) is 0 Å². The zero-order chi connectivity index (χ0) is 24.3. The maximum atomic E-state index is 6.17. The van der Waals surface area contributed by atoms with Crippen LogP contribution >= 0.6 is 0 Å². The molecule has 0 aliphatic rings. The van der Waals surface area contributed by atoms with E-state index in [1.54, 1.807) is 0 Å². The third-order valence-corrected chi connectivity index (χ3v) is 7.24. The highest BCUT2D eigenvalue weighted by molar-refractivity contribution is 6.19. The van der Waals surface area contributed by atoms with E-state index in [1.807, 2.05) is 18.2 Å². The minimum Gasteiger partial charge on any atom is -0.456 e. The largest absolute Gasteiger partial charge is 0.456 e. The molecule has 0 bridgehead atoms. The lowest BCUT2D eigenvalue weighted by molar-refractivity contribution is 0.669. The van der Waals surface area contributed by atoms with Crippen molar-refractivity contribution >= 4 is 54.5 Å². The van der Waals surface area contributed by atoms with Crippen LogP contribution in [0.4, 0.5) is 0 Å². The van der Waals surface area contributed by atoms with Crippen molar-refractivity contribution in [2.24, 2.45) is 0 Å². The van der Waals surface area contributed by atoms with Crippen LogP contribution in [0.15, 0.2) is 126 Å². The van der Waals surface area contributed by atoms with E-state index in [1.165, 1.54) is 5.39 Å². The molecule has 0 fully saturated rings. The SMILES string of the molecule is c1ccc(-c2nc3c(ccc4ccccc43)nc2-c2ccc3ccc4oc5ccccc5c4c3c2)cc1. The van der Waals surface area contributed by atoms with E-state index in [2.05, 4.69) is 103 Å². The summed E-state index contributed by atoms with van der Waals surface area (Å²) < 4.78 is 6.17. The fourth-order valence-electron chi connectivity index (χ4n) is 5.48. The summed E-state index contributed by atoms with van der Waals surface area (Å²) >= 11 is 0. The average Bonchev–Trinajstić information content (AvgIpc) is 3.36. The molecule has 8 aromatic rings. The molecule has 0 unspecified atom stereocenters. The van der Waals surface area contributed by atoms with Crippen LogP contribution in [0.3, 0.4) is 0 Å². The Kier molecular flexibility index (Phi) is 4.23. The summed E-state index contributed by atoms with van der Waals surface area (Å²) in [6, 6.07) is 41.9. The van der Waals surface area contributed by atoms with Gasteiger partial charge in [-0.3, -0.25) is 0 Å². The maximum Gasteiger partial charge on any atom is 0.136 e. The Balaban J connectivity index is 1.47. The molecule has 0 amide bonds. The number of para-hydroxylation sites is 1. The first-order valence-electron chi connectivity index (χ1n) is 12.4. The van der Waals surface area contributed by atoms with Gasteiger partial charge in [-0.25, -0.2) is 9.97 Å². The summed E-state index contributed by atoms with van der Waals surface area (Å²) in [7, 11) is 0. The van der Waals surface area contributed by atoms with Gasteiger partial charge in [-0.2, -0.15) is 0 Å². The molecular weight excluding hydrogens is 452 g/mol. The Hall–Kier alpha value is -5.02. The second kappa shape index (κ2) is 7.74. The van der Waals surface area contributed by atoms with Gasteiger partial charge in [0.25, 0.3) is 0 Å². The minimum atomic E-state index is 0.876. The van der Waals surface area contributed by atoms with Gasteiger partial charge in [-0.1, -0.05) is 97.1 Å². The average molecular weight is 473 g/mol. The molecule has 0 atom stereocenters. The number of rotatable bonds is 2. The van der Waals surface area contributed by atoms with E-state index in [9.17, 15) is 0 Å². The van der Waals surface area contributed by atoms with Crippen molar-refractivity contribution in [1.29, 1.82) is 0 Å². The van der Waals surface area contributed by atoms with Crippen molar-refractivity contribution in [3.63, 3.8) is 0 Å². The third kappa shape index (κ3) is 3.08. The summed E-state index contributed by atoms with van der Waals surface area (Å²) in [6.45, 7) is 0. The molecule has 0 spiro atoms. The van der Waals surface area contributed by atoms with Gasteiger partial charge in [0.1, 0.15) is 11.2 Å². The Morgan fingerprint density at radius 1 is 0.459 bits per heavy atom. The smallest absolute Gasteiger partial charge is 0.136 e. The van der Waals surface area contributed by atoms with Gasteiger partial charge in [0.15, 0.2) is 0 Å². The van der Waals surface area contributed by atoms with Crippen molar-refractivity contribution in [2.45, 2.75) is 0 Å². The monoisotopic (exact) mass is 472 g/mol. The number of nitrogens with zero attached hydrogens (tertiary/aromatic N) is 2. The first-order chi connectivity index (χ1) is 18.3. The summed E-state index contributed by atoms with van der Waals surface area (Å²) in [6.07, 6.45) is 0. The number of hydrogen-bond donors (Lipinski definition) is 0. The molecule has 0 aliphatic carbocycles. The fourth-order valence-corrected chi connectivity index (χ4v) is 5.48. The second-order valence-electron chi connectivity index (χ2n) is 9.41. The third-order valence-electron chi connectivity index (χ3n) is 7.24. The lowest BCUT2D eigenvalue weighted by Crippen LogP contribution is -1.96. The predicted molar refractivity (Wildman–Crippen MR) is 153 cm³/mol. The van der Waals surface area contributed by atoms with E-state index >= 15 is 0 Å². The zero-order valence-electron chi connectivity index (χ0n) is 19.8. The lowest BCUT2D eigenvalue weighted by Gasteiger charge is -2.13. The quantitative estimate of drug-likeness (QED) is 0.235. The molecule has 3 nitrogen and oxygen atoms in total. The Morgan fingerprint density at radius 2 is 1.16 bits per heavy atom. The minimum absolute atomic E-state index is 0.876. The van der Waals surface area contributed by atoms with Gasteiger partial charge >= 0.3 is 0 Å². The van der Waals surface area contributed by atoms with Crippen LogP contribution in [-0.2, 0) is 0 Å². The Morgan fingerprint density at radius 3 is 2.08 bits per heavy atom. The first-order valence-corrected chi connectivity index (χ1v) is 12.4. The first kappa shape index (κ1) is 20.2. The van der Waals surface area contributed by atoms with Gasteiger partial charge in [-0.15, -0.1) is 0 Å². The molecule has 8 rings (SSSR count). The van der Waals surface area contributed by atoms with Crippen molar-refractivity contribution in [3.05, 3.63) is 121 Å². The highest BCUT2D eigenvalue weighted by atomic mass is 16.3. The molecule has 0 aliphatic heterocycles. The molecule has 37 heavy (non-hydrogen) atoms. The van der Waals surface area contributed by atoms with Crippen molar-refractivity contribution in [2.75, 3.05) is 0 Å². The van der Waals surface area contributed by atoms with Crippen molar-refractivity contribution in [1.82, 2.24) is 9.97 Å². The van der Waals surface area contributed by atoms with Crippen molar-refractivity contribution in [3.8, 4) is 22.5 Å². The fraction of sp³-hybridized carbons (Fsp3) is 0. The summed E-state index contributed by atoms with van der Waals surface area (Å²) in [4.78, 5) is 10.5.